The first kappa shape index (κ1) is 13.6. The van der Waals surface area contributed by atoms with Crippen LogP contribution in [0.4, 0.5) is 5.00 Å². The SMILES string of the molecule is CN(C)C(=O)c1c(-c2ccc3ccccc3c2)csc1N. The van der Waals surface area contributed by atoms with E-state index in [0.29, 0.717) is 10.6 Å². The van der Waals surface area contributed by atoms with Crippen molar-refractivity contribution in [2.75, 3.05) is 19.8 Å². The van der Waals surface area contributed by atoms with Crippen LogP contribution >= 0.6 is 11.3 Å². The fourth-order valence-corrected chi connectivity index (χ4v) is 3.20. The molecule has 2 N–H and O–H groups in total. The number of amides is 1. The maximum atomic E-state index is 12.3. The average Bonchev–Trinajstić information content (AvgIpc) is 2.87. The summed E-state index contributed by atoms with van der Waals surface area (Å²) >= 11 is 1.41. The van der Waals surface area contributed by atoms with E-state index in [4.69, 9.17) is 5.73 Å². The monoisotopic (exact) mass is 296 g/mol. The maximum absolute atomic E-state index is 12.3. The van der Waals surface area contributed by atoms with Gasteiger partial charge in [0.2, 0.25) is 0 Å². The van der Waals surface area contributed by atoms with Gasteiger partial charge in [-0.1, -0.05) is 36.4 Å². The van der Waals surface area contributed by atoms with Gasteiger partial charge in [0.1, 0.15) is 0 Å². The number of fused-ring (bicyclic) bond motifs is 1. The van der Waals surface area contributed by atoms with Gasteiger partial charge in [0.25, 0.3) is 5.91 Å². The summed E-state index contributed by atoms with van der Waals surface area (Å²) in [5, 5.41) is 4.86. The van der Waals surface area contributed by atoms with Gasteiger partial charge in [-0.15, -0.1) is 11.3 Å². The second-order valence-electron chi connectivity index (χ2n) is 5.15. The number of nitrogens with two attached hydrogens (primary N) is 1. The van der Waals surface area contributed by atoms with Crippen molar-refractivity contribution in [3.63, 3.8) is 0 Å². The summed E-state index contributed by atoms with van der Waals surface area (Å²) in [4.78, 5) is 13.9. The lowest BCUT2D eigenvalue weighted by Crippen LogP contribution is -2.22. The summed E-state index contributed by atoms with van der Waals surface area (Å²) in [6.45, 7) is 0. The first-order valence-electron chi connectivity index (χ1n) is 6.65. The average molecular weight is 296 g/mol. The van der Waals surface area contributed by atoms with Crippen LogP contribution in [0, 0.1) is 0 Å². The van der Waals surface area contributed by atoms with E-state index in [1.807, 2.05) is 23.6 Å². The standard InChI is InChI=1S/C17H16N2OS/c1-19(2)17(20)15-14(10-21-16(15)18)13-8-7-11-5-3-4-6-12(11)9-13/h3-10H,18H2,1-2H3. The summed E-state index contributed by atoms with van der Waals surface area (Å²) in [6.07, 6.45) is 0. The van der Waals surface area contributed by atoms with Crippen LogP contribution in [0.25, 0.3) is 21.9 Å². The van der Waals surface area contributed by atoms with Gasteiger partial charge in [0, 0.05) is 25.0 Å². The molecule has 0 saturated carbocycles. The molecule has 21 heavy (non-hydrogen) atoms. The van der Waals surface area contributed by atoms with Crippen molar-refractivity contribution in [3.8, 4) is 11.1 Å². The Balaban J connectivity index is 2.17. The zero-order valence-corrected chi connectivity index (χ0v) is 12.8. The molecule has 0 aliphatic rings. The second-order valence-corrected chi connectivity index (χ2v) is 6.06. The Morgan fingerprint density at radius 2 is 1.81 bits per heavy atom. The van der Waals surface area contributed by atoms with Gasteiger partial charge >= 0.3 is 0 Å². The Bertz CT molecular complexity index is 821. The molecular weight excluding hydrogens is 280 g/mol. The number of nitrogens with zero attached hydrogens (tertiary/aromatic N) is 1. The Hall–Kier alpha value is -2.33. The minimum absolute atomic E-state index is 0.0584. The largest absolute Gasteiger partial charge is 0.390 e. The number of carbonyl (C=O) groups is 1. The molecular formula is C17H16N2OS. The number of carbonyl (C=O) groups excluding carboxylic acids is 1. The Labute approximate surface area is 127 Å². The molecule has 0 bridgehead atoms. The molecule has 0 fully saturated rings. The quantitative estimate of drug-likeness (QED) is 0.780. The van der Waals surface area contributed by atoms with Crippen LogP contribution < -0.4 is 5.73 Å². The van der Waals surface area contributed by atoms with Crippen LogP contribution in [0.3, 0.4) is 0 Å². The molecule has 0 atom stereocenters. The van der Waals surface area contributed by atoms with Crippen molar-refractivity contribution in [1.29, 1.82) is 0 Å². The molecule has 1 aromatic heterocycles. The van der Waals surface area contributed by atoms with Crippen molar-refractivity contribution >= 4 is 33.0 Å². The smallest absolute Gasteiger partial charge is 0.256 e. The number of nitrogen functional groups attached to an aromatic ring is 1. The molecule has 0 aliphatic heterocycles. The third kappa shape index (κ3) is 2.38. The lowest BCUT2D eigenvalue weighted by molar-refractivity contribution is 0.0830. The lowest BCUT2D eigenvalue weighted by atomic mass is 10.00. The molecule has 0 saturated heterocycles. The molecule has 3 rings (SSSR count). The van der Waals surface area contributed by atoms with Gasteiger partial charge in [0.05, 0.1) is 10.6 Å². The molecule has 2 aromatic carbocycles. The van der Waals surface area contributed by atoms with Crippen molar-refractivity contribution in [1.82, 2.24) is 4.90 Å². The van der Waals surface area contributed by atoms with Crippen LogP contribution in [0.15, 0.2) is 47.8 Å². The third-order valence-corrected chi connectivity index (χ3v) is 4.31. The molecule has 3 nitrogen and oxygen atoms in total. The molecule has 0 spiro atoms. The molecule has 1 amide bonds. The summed E-state index contributed by atoms with van der Waals surface area (Å²) in [5.74, 6) is -0.0584. The van der Waals surface area contributed by atoms with E-state index in [1.165, 1.54) is 16.7 Å². The molecule has 0 unspecified atom stereocenters. The highest BCUT2D eigenvalue weighted by Gasteiger charge is 2.20. The van der Waals surface area contributed by atoms with E-state index < -0.39 is 0 Å². The molecule has 106 valence electrons. The fourth-order valence-electron chi connectivity index (χ4n) is 2.39. The van der Waals surface area contributed by atoms with E-state index in [9.17, 15) is 4.79 Å². The highest BCUT2D eigenvalue weighted by Crippen LogP contribution is 2.35. The highest BCUT2D eigenvalue weighted by atomic mass is 32.1. The van der Waals surface area contributed by atoms with E-state index in [-0.39, 0.29) is 5.91 Å². The Morgan fingerprint density at radius 3 is 2.52 bits per heavy atom. The predicted octanol–water partition coefficient (Wildman–Crippen LogP) is 3.85. The number of benzene rings is 2. The number of hydrogen-bond acceptors (Lipinski definition) is 3. The van der Waals surface area contributed by atoms with Crippen molar-refractivity contribution in [2.45, 2.75) is 0 Å². The van der Waals surface area contributed by atoms with Crippen molar-refractivity contribution in [2.24, 2.45) is 0 Å². The van der Waals surface area contributed by atoms with Crippen LogP contribution in [-0.2, 0) is 0 Å². The van der Waals surface area contributed by atoms with Crippen molar-refractivity contribution in [3.05, 3.63) is 53.4 Å². The van der Waals surface area contributed by atoms with Crippen LogP contribution in [0.2, 0.25) is 0 Å². The van der Waals surface area contributed by atoms with Gasteiger partial charge in [0.15, 0.2) is 0 Å². The van der Waals surface area contributed by atoms with E-state index in [1.54, 1.807) is 19.0 Å². The second kappa shape index (κ2) is 5.22. The maximum Gasteiger partial charge on any atom is 0.256 e. The topological polar surface area (TPSA) is 46.3 Å². The van der Waals surface area contributed by atoms with Crippen LogP contribution in [0.5, 0.6) is 0 Å². The van der Waals surface area contributed by atoms with E-state index in [2.05, 4.69) is 24.3 Å². The summed E-state index contributed by atoms with van der Waals surface area (Å²) in [6, 6.07) is 14.4. The van der Waals surface area contributed by atoms with Crippen LogP contribution in [0.1, 0.15) is 10.4 Å². The Kier molecular flexibility index (Phi) is 3.39. The van der Waals surface area contributed by atoms with E-state index >= 15 is 0 Å². The molecule has 4 heteroatoms. The van der Waals surface area contributed by atoms with Gasteiger partial charge in [-0.3, -0.25) is 4.79 Å². The summed E-state index contributed by atoms with van der Waals surface area (Å²) in [5.41, 5.74) is 8.52. The van der Waals surface area contributed by atoms with Gasteiger partial charge in [-0.2, -0.15) is 0 Å². The third-order valence-electron chi connectivity index (χ3n) is 3.50. The molecule has 3 aromatic rings. The van der Waals surface area contributed by atoms with E-state index in [0.717, 1.165) is 16.5 Å². The lowest BCUT2D eigenvalue weighted by Gasteiger charge is -2.12. The normalized spacial score (nSPS) is 10.8. The zero-order chi connectivity index (χ0) is 15.0. The van der Waals surface area contributed by atoms with Crippen LogP contribution in [-0.4, -0.2) is 24.9 Å². The predicted molar refractivity (Wildman–Crippen MR) is 89.7 cm³/mol. The minimum atomic E-state index is -0.0584. The number of anilines is 1. The summed E-state index contributed by atoms with van der Waals surface area (Å²) < 4.78 is 0. The fraction of sp³-hybridized carbons (Fsp3) is 0.118. The van der Waals surface area contributed by atoms with Gasteiger partial charge < -0.3 is 10.6 Å². The number of rotatable bonds is 2. The number of thiophene rings is 1. The molecule has 0 radical (unpaired) electrons. The summed E-state index contributed by atoms with van der Waals surface area (Å²) in [7, 11) is 3.48. The minimum Gasteiger partial charge on any atom is -0.390 e. The first-order chi connectivity index (χ1) is 10.1. The number of hydrogen-bond donors (Lipinski definition) is 1. The molecule has 1 heterocycles. The van der Waals surface area contributed by atoms with Gasteiger partial charge in [-0.25, -0.2) is 0 Å². The molecule has 0 aliphatic carbocycles. The Morgan fingerprint density at radius 1 is 1.10 bits per heavy atom. The zero-order valence-electron chi connectivity index (χ0n) is 12.0. The first-order valence-corrected chi connectivity index (χ1v) is 7.53. The van der Waals surface area contributed by atoms with Gasteiger partial charge in [-0.05, 0) is 22.4 Å². The van der Waals surface area contributed by atoms with Crippen molar-refractivity contribution < 1.29 is 4.79 Å². The highest BCUT2D eigenvalue weighted by molar-refractivity contribution is 7.15.